The SMILES string of the molecule is CC(C)CCn1cncc1C(C)(C)NC(=O)OC(C)(C)C. The maximum Gasteiger partial charge on any atom is 0.408 e. The Bertz CT molecular complexity index is 470. The Kier molecular flexibility index (Phi) is 5.42. The molecule has 0 saturated heterocycles. The molecule has 1 N–H and O–H groups in total. The lowest BCUT2D eigenvalue weighted by molar-refractivity contribution is 0.0466. The van der Waals surface area contributed by atoms with E-state index in [1.54, 1.807) is 6.20 Å². The van der Waals surface area contributed by atoms with Crippen LogP contribution in [0.4, 0.5) is 4.79 Å². The fourth-order valence-corrected chi connectivity index (χ4v) is 2.04. The van der Waals surface area contributed by atoms with Crippen molar-refractivity contribution in [2.45, 2.75) is 72.6 Å². The van der Waals surface area contributed by atoms with Crippen molar-refractivity contribution in [3.63, 3.8) is 0 Å². The molecule has 0 fully saturated rings. The van der Waals surface area contributed by atoms with Gasteiger partial charge in [0.2, 0.25) is 0 Å². The fourth-order valence-electron chi connectivity index (χ4n) is 2.04. The third-order valence-corrected chi connectivity index (χ3v) is 3.11. The van der Waals surface area contributed by atoms with E-state index in [1.165, 1.54) is 0 Å². The van der Waals surface area contributed by atoms with Crippen LogP contribution in [-0.2, 0) is 16.8 Å². The van der Waals surface area contributed by atoms with Crippen LogP contribution in [0, 0.1) is 5.92 Å². The van der Waals surface area contributed by atoms with Crippen LogP contribution < -0.4 is 5.32 Å². The first-order chi connectivity index (χ1) is 9.51. The van der Waals surface area contributed by atoms with E-state index in [0.29, 0.717) is 5.92 Å². The summed E-state index contributed by atoms with van der Waals surface area (Å²) in [6.07, 6.45) is 4.28. The average Bonchev–Trinajstić information content (AvgIpc) is 2.71. The molecule has 0 aliphatic rings. The Morgan fingerprint density at radius 3 is 2.48 bits per heavy atom. The highest BCUT2D eigenvalue weighted by Gasteiger charge is 2.29. The van der Waals surface area contributed by atoms with Crippen LogP contribution in [0.1, 0.15) is 60.6 Å². The molecular weight excluding hydrogens is 266 g/mol. The molecule has 1 rings (SSSR count). The van der Waals surface area contributed by atoms with E-state index in [1.807, 2.05) is 40.9 Å². The molecule has 0 aromatic carbocycles. The van der Waals surface area contributed by atoms with Crippen molar-refractivity contribution in [3.05, 3.63) is 18.2 Å². The highest BCUT2D eigenvalue weighted by atomic mass is 16.6. The summed E-state index contributed by atoms with van der Waals surface area (Å²) in [6.45, 7) is 14.8. The zero-order valence-corrected chi connectivity index (χ0v) is 14.4. The van der Waals surface area contributed by atoms with Crippen molar-refractivity contribution in [1.29, 1.82) is 0 Å². The number of alkyl carbamates (subject to hydrolysis) is 1. The molecular formula is C16H29N3O2. The van der Waals surface area contributed by atoms with Crippen molar-refractivity contribution in [3.8, 4) is 0 Å². The van der Waals surface area contributed by atoms with Crippen LogP contribution in [-0.4, -0.2) is 21.2 Å². The lowest BCUT2D eigenvalue weighted by Gasteiger charge is -2.29. The Morgan fingerprint density at radius 1 is 1.33 bits per heavy atom. The van der Waals surface area contributed by atoms with Crippen LogP contribution in [0.2, 0.25) is 0 Å². The van der Waals surface area contributed by atoms with Crippen LogP contribution in [0.15, 0.2) is 12.5 Å². The van der Waals surface area contributed by atoms with Gasteiger partial charge in [-0.2, -0.15) is 0 Å². The Hall–Kier alpha value is -1.52. The number of amides is 1. The van der Waals surface area contributed by atoms with Crippen LogP contribution in [0.25, 0.3) is 0 Å². The second-order valence-electron chi connectivity index (χ2n) is 7.41. The molecule has 1 heterocycles. The van der Waals surface area contributed by atoms with E-state index in [2.05, 4.69) is 28.7 Å². The zero-order chi connectivity index (χ0) is 16.3. The van der Waals surface area contributed by atoms with Crippen molar-refractivity contribution in [2.75, 3.05) is 0 Å². The molecule has 0 spiro atoms. The maximum atomic E-state index is 12.0. The summed E-state index contributed by atoms with van der Waals surface area (Å²) in [5.41, 5.74) is -0.0533. The number of hydrogen-bond donors (Lipinski definition) is 1. The number of hydrogen-bond acceptors (Lipinski definition) is 3. The smallest absolute Gasteiger partial charge is 0.408 e. The number of nitrogens with zero attached hydrogens (tertiary/aromatic N) is 2. The first-order valence-electron chi connectivity index (χ1n) is 7.53. The molecule has 0 radical (unpaired) electrons. The lowest BCUT2D eigenvalue weighted by Crippen LogP contribution is -2.44. The molecule has 1 aromatic heterocycles. The number of carbonyl (C=O) groups excluding carboxylic acids is 1. The summed E-state index contributed by atoms with van der Waals surface area (Å²) in [7, 11) is 0. The van der Waals surface area contributed by atoms with E-state index >= 15 is 0 Å². The van der Waals surface area contributed by atoms with E-state index in [0.717, 1.165) is 18.7 Å². The molecule has 5 heteroatoms. The minimum absolute atomic E-state index is 0.413. The van der Waals surface area contributed by atoms with Crippen molar-refractivity contribution in [2.24, 2.45) is 5.92 Å². The lowest BCUT2D eigenvalue weighted by atomic mass is 10.0. The third-order valence-electron chi connectivity index (χ3n) is 3.11. The predicted octanol–water partition coefficient (Wildman–Crippen LogP) is 3.69. The topological polar surface area (TPSA) is 56.2 Å². The minimum Gasteiger partial charge on any atom is -0.444 e. The van der Waals surface area contributed by atoms with Gasteiger partial charge in [-0.05, 0) is 47.0 Å². The largest absolute Gasteiger partial charge is 0.444 e. The van der Waals surface area contributed by atoms with Gasteiger partial charge in [0.15, 0.2) is 0 Å². The Labute approximate surface area is 128 Å². The third kappa shape index (κ3) is 5.78. The van der Waals surface area contributed by atoms with Crippen molar-refractivity contribution < 1.29 is 9.53 Å². The highest BCUT2D eigenvalue weighted by molar-refractivity contribution is 5.68. The number of carbonyl (C=O) groups is 1. The molecule has 120 valence electrons. The van der Waals surface area contributed by atoms with E-state index < -0.39 is 17.2 Å². The maximum absolute atomic E-state index is 12.0. The number of imidazole rings is 1. The summed E-state index contributed by atoms with van der Waals surface area (Å²) in [5.74, 6) is 0.627. The summed E-state index contributed by atoms with van der Waals surface area (Å²) in [6, 6.07) is 0. The summed E-state index contributed by atoms with van der Waals surface area (Å²) < 4.78 is 7.42. The van der Waals surface area contributed by atoms with Crippen LogP contribution in [0.3, 0.4) is 0 Å². The van der Waals surface area contributed by atoms with E-state index in [-0.39, 0.29) is 0 Å². The predicted molar refractivity (Wildman–Crippen MR) is 84.1 cm³/mol. The van der Waals surface area contributed by atoms with Crippen molar-refractivity contribution >= 4 is 6.09 Å². The van der Waals surface area contributed by atoms with E-state index in [9.17, 15) is 4.79 Å². The Morgan fingerprint density at radius 2 is 1.95 bits per heavy atom. The number of nitrogens with one attached hydrogen (secondary N) is 1. The molecule has 0 saturated carbocycles. The molecule has 1 amide bonds. The molecule has 1 aromatic rings. The summed E-state index contributed by atoms with van der Waals surface area (Å²) >= 11 is 0. The molecule has 0 atom stereocenters. The van der Waals surface area contributed by atoms with Gasteiger partial charge in [0.05, 0.1) is 23.8 Å². The first-order valence-corrected chi connectivity index (χ1v) is 7.53. The summed E-state index contributed by atoms with van der Waals surface area (Å²) in [4.78, 5) is 16.2. The number of aromatic nitrogens is 2. The molecule has 0 aliphatic heterocycles. The van der Waals surface area contributed by atoms with Gasteiger partial charge in [-0.15, -0.1) is 0 Å². The average molecular weight is 295 g/mol. The standard InChI is InChI=1S/C16H29N3O2/c1-12(2)8-9-19-11-17-10-13(19)16(6,7)18-14(20)21-15(3,4)5/h10-12H,8-9H2,1-7H3,(H,18,20). The van der Waals surface area contributed by atoms with Gasteiger partial charge in [-0.25, -0.2) is 9.78 Å². The molecule has 0 bridgehead atoms. The van der Waals surface area contributed by atoms with Gasteiger partial charge in [-0.3, -0.25) is 0 Å². The van der Waals surface area contributed by atoms with Gasteiger partial charge in [0.1, 0.15) is 5.60 Å². The van der Waals surface area contributed by atoms with Crippen LogP contribution in [0.5, 0.6) is 0 Å². The van der Waals surface area contributed by atoms with Gasteiger partial charge in [-0.1, -0.05) is 13.8 Å². The van der Waals surface area contributed by atoms with Gasteiger partial charge >= 0.3 is 6.09 Å². The Balaban J connectivity index is 2.78. The monoisotopic (exact) mass is 295 g/mol. The number of aryl methyl sites for hydroxylation is 1. The molecule has 0 aliphatic carbocycles. The molecule has 0 unspecified atom stereocenters. The minimum atomic E-state index is -0.532. The molecule has 21 heavy (non-hydrogen) atoms. The number of rotatable bonds is 5. The second kappa shape index (κ2) is 6.50. The second-order valence-corrected chi connectivity index (χ2v) is 7.41. The van der Waals surface area contributed by atoms with Gasteiger partial charge in [0, 0.05) is 6.54 Å². The zero-order valence-electron chi connectivity index (χ0n) is 14.4. The van der Waals surface area contributed by atoms with Crippen molar-refractivity contribution in [1.82, 2.24) is 14.9 Å². The molecule has 5 nitrogen and oxygen atoms in total. The van der Waals surface area contributed by atoms with E-state index in [4.69, 9.17) is 4.74 Å². The van der Waals surface area contributed by atoms with Gasteiger partial charge in [0.25, 0.3) is 0 Å². The summed E-state index contributed by atoms with van der Waals surface area (Å²) in [5, 5.41) is 2.92. The number of ether oxygens (including phenoxy) is 1. The quantitative estimate of drug-likeness (QED) is 0.901. The normalized spacial score (nSPS) is 12.6. The fraction of sp³-hybridized carbons (Fsp3) is 0.750. The first kappa shape index (κ1) is 17.5. The van der Waals surface area contributed by atoms with Crippen LogP contribution >= 0.6 is 0 Å². The highest BCUT2D eigenvalue weighted by Crippen LogP contribution is 2.21. The van der Waals surface area contributed by atoms with Gasteiger partial charge < -0.3 is 14.6 Å².